The van der Waals surface area contributed by atoms with Crippen LogP contribution < -0.4 is 11.0 Å². The molecule has 3 rings (SSSR count). The second-order valence-electron chi connectivity index (χ2n) is 5.50. The molecule has 0 bridgehead atoms. The summed E-state index contributed by atoms with van der Waals surface area (Å²) in [6, 6.07) is 5.17. The molecule has 1 aromatic carbocycles. The van der Waals surface area contributed by atoms with Crippen LogP contribution in [-0.4, -0.2) is 21.7 Å². The monoisotopic (exact) mass is 349 g/mol. The molecule has 1 aliphatic rings. The molecule has 1 atom stereocenters. The van der Waals surface area contributed by atoms with Gasteiger partial charge in [0.15, 0.2) is 6.17 Å². The van der Waals surface area contributed by atoms with E-state index < -0.39 is 23.5 Å². The summed E-state index contributed by atoms with van der Waals surface area (Å²) in [6.07, 6.45) is 2.37. The van der Waals surface area contributed by atoms with Crippen molar-refractivity contribution in [3.05, 3.63) is 63.0 Å². The van der Waals surface area contributed by atoms with Gasteiger partial charge < -0.3 is 5.32 Å². The molecular weight excluding hydrogens is 337 g/mol. The van der Waals surface area contributed by atoms with Crippen LogP contribution >= 0.6 is 11.6 Å². The Morgan fingerprint density at radius 1 is 1.42 bits per heavy atom. The standard InChI is InChI=1S/C16H13ClFN3O3/c17-11-4-3-10(7-12(11)18)14(23)15(19-8-22)21-6-5-13(9-1-2-9)20-16(21)24/h3-9,15H,1-2H2,(H,19,22). The van der Waals surface area contributed by atoms with Crippen LogP contribution in [-0.2, 0) is 4.79 Å². The van der Waals surface area contributed by atoms with E-state index in [9.17, 15) is 18.8 Å². The van der Waals surface area contributed by atoms with Crippen LogP contribution in [0.3, 0.4) is 0 Å². The van der Waals surface area contributed by atoms with E-state index in [2.05, 4.69) is 10.3 Å². The number of hydrogen-bond acceptors (Lipinski definition) is 4. The lowest BCUT2D eigenvalue weighted by Crippen LogP contribution is -2.40. The van der Waals surface area contributed by atoms with Crippen molar-refractivity contribution in [1.29, 1.82) is 0 Å². The van der Waals surface area contributed by atoms with E-state index in [4.69, 9.17) is 11.6 Å². The minimum atomic E-state index is -1.31. The zero-order valence-corrected chi connectivity index (χ0v) is 13.2. The molecule has 1 unspecified atom stereocenters. The summed E-state index contributed by atoms with van der Waals surface area (Å²) in [7, 11) is 0. The Labute approximate surface area is 141 Å². The van der Waals surface area contributed by atoms with Gasteiger partial charge in [0.1, 0.15) is 5.82 Å². The first-order chi connectivity index (χ1) is 11.5. The van der Waals surface area contributed by atoms with Crippen molar-refractivity contribution in [3.63, 3.8) is 0 Å². The van der Waals surface area contributed by atoms with Gasteiger partial charge in [-0.2, -0.15) is 4.98 Å². The molecular formula is C16H13ClFN3O3. The van der Waals surface area contributed by atoms with Crippen LogP contribution in [0.2, 0.25) is 5.02 Å². The van der Waals surface area contributed by atoms with Crippen LogP contribution in [0.25, 0.3) is 0 Å². The number of amides is 1. The fraction of sp³-hybridized carbons (Fsp3) is 0.250. The fourth-order valence-corrected chi connectivity index (χ4v) is 2.50. The van der Waals surface area contributed by atoms with Gasteiger partial charge in [-0.05, 0) is 37.1 Å². The Hall–Kier alpha value is -2.54. The molecule has 0 saturated heterocycles. The molecule has 1 heterocycles. The SMILES string of the molecule is O=CNC(C(=O)c1ccc(Cl)c(F)c1)n1ccc(C2CC2)nc1=O. The van der Waals surface area contributed by atoms with Crippen LogP contribution in [0.5, 0.6) is 0 Å². The molecule has 124 valence electrons. The highest BCUT2D eigenvalue weighted by Gasteiger charge is 2.27. The number of benzene rings is 1. The fourth-order valence-electron chi connectivity index (χ4n) is 2.38. The van der Waals surface area contributed by atoms with Crippen LogP contribution in [0.15, 0.2) is 35.3 Å². The predicted octanol–water partition coefficient (Wildman–Crippen LogP) is 2.04. The summed E-state index contributed by atoms with van der Waals surface area (Å²) in [5.41, 5.74) is 0.00189. The minimum Gasteiger partial charge on any atom is -0.331 e. The number of halogens is 2. The third-order valence-corrected chi connectivity index (χ3v) is 4.11. The van der Waals surface area contributed by atoms with Gasteiger partial charge in [-0.3, -0.25) is 14.2 Å². The Morgan fingerprint density at radius 2 is 2.17 bits per heavy atom. The maximum absolute atomic E-state index is 13.6. The largest absolute Gasteiger partial charge is 0.349 e. The number of aromatic nitrogens is 2. The first kappa shape index (κ1) is 16.3. The molecule has 1 amide bonds. The summed E-state index contributed by atoms with van der Waals surface area (Å²) in [6.45, 7) is 0. The van der Waals surface area contributed by atoms with E-state index in [1.54, 1.807) is 6.07 Å². The highest BCUT2D eigenvalue weighted by atomic mass is 35.5. The van der Waals surface area contributed by atoms with Crippen molar-refractivity contribution < 1.29 is 14.0 Å². The molecule has 1 N–H and O–H groups in total. The first-order valence-corrected chi connectivity index (χ1v) is 7.67. The van der Waals surface area contributed by atoms with Crippen molar-refractivity contribution in [1.82, 2.24) is 14.9 Å². The summed E-state index contributed by atoms with van der Waals surface area (Å²) < 4.78 is 14.6. The van der Waals surface area contributed by atoms with Gasteiger partial charge in [0.25, 0.3) is 0 Å². The van der Waals surface area contributed by atoms with Gasteiger partial charge in [0.2, 0.25) is 12.2 Å². The van der Waals surface area contributed by atoms with Crippen LogP contribution in [0, 0.1) is 5.82 Å². The topological polar surface area (TPSA) is 81.1 Å². The number of Topliss-reactive ketones (excluding diaryl/α,β-unsaturated/α-hetero) is 1. The predicted molar refractivity (Wildman–Crippen MR) is 84.4 cm³/mol. The lowest BCUT2D eigenvalue weighted by atomic mass is 10.1. The lowest BCUT2D eigenvalue weighted by Gasteiger charge is -2.17. The molecule has 1 aliphatic carbocycles. The van der Waals surface area contributed by atoms with Gasteiger partial charge >= 0.3 is 5.69 Å². The zero-order chi connectivity index (χ0) is 17.3. The van der Waals surface area contributed by atoms with Crippen LogP contribution in [0.4, 0.5) is 4.39 Å². The highest BCUT2D eigenvalue weighted by molar-refractivity contribution is 6.30. The second-order valence-corrected chi connectivity index (χ2v) is 5.90. The summed E-state index contributed by atoms with van der Waals surface area (Å²) in [4.78, 5) is 39.6. The van der Waals surface area contributed by atoms with E-state index >= 15 is 0 Å². The van der Waals surface area contributed by atoms with E-state index in [0.29, 0.717) is 12.1 Å². The van der Waals surface area contributed by atoms with Gasteiger partial charge in [-0.1, -0.05) is 11.6 Å². The Bertz CT molecular complexity index is 864. The maximum atomic E-state index is 13.6. The van der Waals surface area contributed by atoms with Crippen molar-refractivity contribution in [2.75, 3.05) is 0 Å². The molecule has 24 heavy (non-hydrogen) atoms. The number of carbonyl (C=O) groups is 2. The number of rotatable bonds is 6. The highest BCUT2D eigenvalue weighted by Crippen LogP contribution is 2.38. The number of nitrogens with zero attached hydrogens (tertiary/aromatic N) is 2. The molecule has 8 heteroatoms. The van der Waals surface area contributed by atoms with Gasteiger partial charge in [-0.15, -0.1) is 0 Å². The molecule has 0 radical (unpaired) electrons. The smallest absolute Gasteiger partial charge is 0.331 e. The molecule has 0 aliphatic heterocycles. The normalized spacial score (nSPS) is 14.9. The summed E-state index contributed by atoms with van der Waals surface area (Å²) in [5, 5.41) is 2.15. The van der Waals surface area contributed by atoms with E-state index in [0.717, 1.165) is 23.5 Å². The average molecular weight is 350 g/mol. The summed E-state index contributed by atoms with van der Waals surface area (Å²) in [5.74, 6) is -1.13. The molecule has 1 fully saturated rings. The second kappa shape index (κ2) is 6.52. The molecule has 6 nitrogen and oxygen atoms in total. The first-order valence-electron chi connectivity index (χ1n) is 7.29. The van der Waals surface area contributed by atoms with Crippen molar-refractivity contribution >= 4 is 23.8 Å². The molecule has 1 saturated carbocycles. The third-order valence-electron chi connectivity index (χ3n) is 3.80. The minimum absolute atomic E-state index is 0.0191. The average Bonchev–Trinajstić information content (AvgIpc) is 3.40. The number of carbonyl (C=O) groups excluding carboxylic acids is 2. The number of ketones is 1. The van der Waals surface area contributed by atoms with Crippen molar-refractivity contribution in [3.8, 4) is 0 Å². The zero-order valence-electron chi connectivity index (χ0n) is 12.4. The number of nitrogens with one attached hydrogen (secondary N) is 1. The van der Waals surface area contributed by atoms with Gasteiger partial charge in [-0.25, -0.2) is 9.18 Å². The Morgan fingerprint density at radius 3 is 2.75 bits per heavy atom. The summed E-state index contributed by atoms with van der Waals surface area (Å²) >= 11 is 5.60. The Kier molecular flexibility index (Phi) is 4.44. The lowest BCUT2D eigenvalue weighted by molar-refractivity contribution is -0.110. The quantitative estimate of drug-likeness (QED) is 0.639. The number of hydrogen-bond donors (Lipinski definition) is 1. The van der Waals surface area contributed by atoms with E-state index in [1.165, 1.54) is 18.3 Å². The van der Waals surface area contributed by atoms with Crippen LogP contribution in [0.1, 0.15) is 41.0 Å². The van der Waals surface area contributed by atoms with Crippen molar-refractivity contribution in [2.24, 2.45) is 0 Å². The van der Waals surface area contributed by atoms with E-state index in [-0.39, 0.29) is 16.5 Å². The third kappa shape index (κ3) is 3.21. The molecule has 1 aromatic heterocycles. The van der Waals surface area contributed by atoms with Gasteiger partial charge in [0.05, 0.1) is 10.7 Å². The van der Waals surface area contributed by atoms with Crippen molar-refractivity contribution in [2.45, 2.75) is 24.9 Å². The van der Waals surface area contributed by atoms with Gasteiger partial charge in [0, 0.05) is 17.7 Å². The Balaban J connectivity index is 1.96. The van der Waals surface area contributed by atoms with E-state index in [1.807, 2.05) is 0 Å². The molecule has 2 aromatic rings. The maximum Gasteiger partial charge on any atom is 0.349 e. The molecule has 0 spiro atoms.